The van der Waals surface area contributed by atoms with Crippen molar-refractivity contribution < 1.29 is 4.74 Å². The standard InChI is InChI=1S/C16H22Br2O/c1-13-4-2-3-5-15(13)16(11-17,12-18)10-14-6-8-19-9-7-14/h2-5,14H,6-12H2,1H3. The Kier molecular flexibility index (Phi) is 5.91. The molecule has 0 radical (unpaired) electrons. The van der Waals surface area contributed by atoms with Gasteiger partial charge in [0, 0.05) is 29.3 Å². The van der Waals surface area contributed by atoms with Gasteiger partial charge in [0.05, 0.1) is 0 Å². The van der Waals surface area contributed by atoms with Crippen molar-refractivity contribution in [1.82, 2.24) is 0 Å². The van der Waals surface area contributed by atoms with Gasteiger partial charge in [0.15, 0.2) is 0 Å². The number of ether oxygens (including phenoxy) is 1. The normalized spacial score (nSPS) is 17.6. The van der Waals surface area contributed by atoms with E-state index in [1.54, 1.807) is 0 Å². The van der Waals surface area contributed by atoms with Gasteiger partial charge in [-0.25, -0.2) is 0 Å². The fourth-order valence-electron chi connectivity index (χ4n) is 3.07. The minimum Gasteiger partial charge on any atom is -0.381 e. The van der Waals surface area contributed by atoms with Crippen LogP contribution in [-0.2, 0) is 10.2 Å². The summed E-state index contributed by atoms with van der Waals surface area (Å²) < 4.78 is 5.49. The van der Waals surface area contributed by atoms with Crippen LogP contribution in [0.1, 0.15) is 30.4 Å². The van der Waals surface area contributed by atoms with Gasteiger partial charge in [0.1, 0.15) is 0 Å². The van der Waals surface area contributed by atoms with Crippen molar-refractivity contribution in [3.8, 4) is 0 Å². The lowest BCUT2D eigenvalue weighted by atomic mass is 9.73. The zero-order valence-corrected chi connectivity index (χ0v) is 14.7. The molecule has 1 heterocycles. The Morgan fingerprint density at radius 2 is 1.79 bits per heavy atom. The van der Waals surface area contributed by atoms with Gasteiger partial charge in [0.2, 0.25) is 0 Å². The fraction of sp³-hybridized carbons (Fsp3) is 0.625. The highest BCUT2D eigenvalue weighted by molar-refractivity contribution is 9.09. The number of aryl methyl sites for hydroxylation is 1. The lowest BCUT2D eigenvalue weighted by Crippen LogP contribution is -2.35. The lowest BCUT2D eigenvalue weighted by molar-refractivity contribution is 0.0583. The minimum absolute atomic E-state index is 0.202. The number of hydrogen-bond acceptors (Lipinski definition) is 1. The highest BCUT2D eigenvalue weighted by Crippen LogP contribution is 2.39. The molecule has 0 spiro atoms. The van der Waals surface area contributed by atoms with Crippen molar-refractivity contribution in [2.75, 3.05) is 23.9 Å². The molecule has 1 aliphatic rings. The molecular weight excluding hydrogens is 368 g/mol. The summed E-state index contributed by atoms with van der Waals surface area (Å²) in [6.07, 6.45) is 3.64. The van der Waals surface area contributed by atoms with Crippen molar-refractivity contribution >= 4 is 31.9 Å². The van der Waals surface area contributed by atoms with Crippen LogP contribution in [0, 0.1) is 12.8 Å². The Labute approximate surface area is 133 Å². The van der Waals surface area contributed by atoms with Crippen LogP contribution in [0.25, 0.3) is 0 Å². The molecule has 1 aromatic rings. The Hall–Kier alpha value is 0.140. The summed E-state index contributed by atoms with van der Waals surface area (Å²) in [6, 6.07) is 8.80. The topological polar surface area (TPSA) is 9.23 Å². The van der Waals surface area contributed by atoms with E-state index in [1.807, 2.05) is 0 Å². The molecule has 0 N–H and O–H groups in total. The third-order valence-electron chi connectivity index (χ3n) is 4.25. The molecule has 0 bridgehead atoms. The van der Waals surface area contributed by atoms with E-state index in [4.69, 9.17) is 4.74 Å². The number of halogens is 2. The van der Waals surface area contributed by atoms with E-state index in [2.05, 4.69) is 63.0 Å². The summed E-state index contributed by atoms with van der Waals surface area (Å²) in [5.74, 6) is 0.781. The molecule has 2 rings (SSSR count). The van der Waals surface area contributed by atoms with Crippen LogP contribution in [0.4, 0.5) is 0 Å². The number of hydrogen-bond donors (Lipinski definition) is 0. The molecule has 1 nitrogen and oxygen atoms in total. The second kappa shape index (κ2) is 7.24. The minimum atomic E-state index is 0.202. The molecule has 0 atom stereocenters. The monoisotopic (exact) mass is 388 g/mol. The Morgan fingerprint density at radius 3 is 2.37 bits per heavy atom. The first-order valence-corrected chi connectivity index (χ1v) is 9.22. The van der Waals surface area contributed by atoms with Crippen molar-refractivity contribution in [2.24, 2.45) is 5.92 Å². The maximum absolute atomic E-state index is 5.49. The Morgan fingerprint density at radius 1 is 1.16 bits per heavy atom. The quantitative estimate of drug-likeness (QED) is 0.654. The summed E-state index contributed by atoms with van der Waals surface area (Å²) in [5, 5.41) is 2.01. The highest BCUT2D eigenvalue weighted by atomic mass is 79.9. The van der Waals surface area contributed by atoms with Gasteiger partial charge in [0.25, 0.3) is 0 Å². The fourth-order valence-corrected chi connectivity index (χ4v) is 5.06. The van der Waals surface area contributed by atoms with Gasteiger partial charge in [-0.05, 0) is 43.2 Å². The third kappa shape index (κ3) is 3.62. The van der Waals surface area contributed by atoms with Crippen LogP contribution in [0.5, 0.6) is 0 Å². The van der Waals surface area contributed by atoms with Gasteiger partial charge in [-0.2, -0.15) is 0 Å². The Bertz CT molecular complexity index is 395. The molecule has 0 amide bonds. The smallest absolute Gasteiger partial charge is 0.0468 e. The van der Waals surface area contributed by atoms with Crippen molar-refractivity contribution in [2.45, 2.75) is 31.6 Å². The van der Waals surface area contributed by atoms with Gasteiger partial charge < -0.3 is 4.74 Å². The van der Waals surface area contributed by atoms with Crippen LogP contribution in [0.2, 0.25) is 0 Å². The largest absolute Gasteiger partial charge is 0.381 e. The third-order valence-corrected chi connectivity index (χ3v) is 6.40. The summed E-state index contributed by atoms with van der Waals surface area (Å²) in [6.45, 7) is 4.08. The summed E-state index contributed by atoms with van der Waals surface area (Å²) >= 11 is 7.54. The van der Waals surface area contributed by atoms with E-state index in [0.717, 1.165) is 29.8 Å². The van der Waals surface area contributed by atoms with Gasteiger partial charge in [-0.15, -0.1) is 0 Å². The predicted molar refractivity (Wildman–Crippen MR) is 88.6 cm³/mol. The summed E-state index contributed by atoms with van der Waals surface area (Å²) in [7, 11) is 0. The first kappa shape index (κ1) is 15.5. The molecule has 19 heavy (non-hydrogen) atoms. The molecule has 1 aromatic carbocycles. The number of alkyl halides is 2. The van der Waals surface area contributed by atoms with Crippen LogP contribution < -0.4 is 0 Å². The van der Waals surface area contributed by atoms with Gasteiger partial charge >= 0.3 is 0 Å². The molecule has 1 fully saturated rings. The van der Waals surface area contributed by atoms with E-state index < -0.39 is 0 Å². The maximum Gasteiger partial charge on any atom is 0.0468 e. The first-order chi connectivity index (χ1) is 9.22. The number of rotatable bonds is 5. The first-order valence-electron chi connectivity index (χ1n) is 6.97. The van der Waals surface area contributed by atoms with E-state index in [-0.39, 0.29) is 5.41 Å². The lowest BCUT2D eigenvalue weighted by Gasteiger charge is -2.37. The van der Waals surface area contributed by atoms with Crippen molar-refractivity contribution in [1.29, 1.82) is 0 Å². The van der Waals surface area contributed by atoms with Crippen molar-refractivity contribution in [3.05, 3.63) is 35.4 Å². The van der Waals surface area contributed by atoms with Crippen LogP contribution >= 0.6 is 31.9 Å². The second-order valence-corrected chi connectivity index (χ2v) is 6.74. The molecule has 1 saturated heterocycles. The molecule has 0 aromatic heterocycles. The van der Waals surface area contributed by atoms with Gasteiger partial charge in [-0.1, -0.05) is 56.1 Å². The zero-order valence-electron chi connectivity index (χ0n) is 11.5. The van der Waals surface area contributed by atoms with Crippen LogP contribution in [0.15, 0.2) is 24.3 Å². The molecule has 0 saturated carbocycles. The summed E-state index contributed by atoms with van der Waals surface area (Å²) in [5.41, 5.74) is 3.08. The second-order valence-electron chi connectivity index (χ2n) is 5.62. The zero-order chi connectivity index (χ0) is 13.7. The summed E-state index contributed by atoms with van der Waals surface area (Å²) in [4.78, 5) is 0. The molecule has 0 unspecified atom stereocenters. The van der Waals surface area contributed by atoms with E-state index >= 15 is 0 Å². The molecule has 3 heteroatoms. The average Bonchev–Trinajstić information content (AvgIpc) is 2.47. The van der Waals surface area contributed by atoms with Crippen LogP contribution in [0.3, 0.4) is 0 Å². The SMILES string of the molecule is Cc1ccccc1C(CBr)(CBr)CC1CCOCC1. The highest BCUT2D eigenvalue weighted by Gasteiger charge is 2.34. The molecule has 1 aliphatic heterocycles. The average molecular weight is 390 g/mol. The Balaban J connectivity index is 2.23. The van der Waals surface area contributed by atoms with E-state index in [9.17, 15) is 0 Å². The van der Waals surface area contributed by atoms with Gasteiger partial charge in [-0.3, -0.25) is 0 Å². The maximum atomic E-state index is 5.49. The molecule has 106 valence electrons. The number of benzene rings is 1. The molecule has 0 aliphatic carbocycles. The van der Waals surface area contributed by atoms with Crippen LogP contribution in [-0.4, -0.2) is 23.9 Å². The molecular formula is C16H22Br2O. The van der Waals surface area contributed by atoms with Crippen molar-refractivity contribution in [3.63, 3.8) is 0 Å². The van der Waals surface area contributed by atoms with E-state index in [0.29, 0.717) is 0 Å². The predicted octanol–water partition coefficient (Wildman–Crippen LogP) is 4.84. The van der Waals surface area contributed by atoms with E-state index in [1.165, 1.54) is 30.4 Å².